The van der Waals surface area contributed by atoms with Gasteiger partial charge >= 0.3 is 5.97 Å². The normalized spacial score (nSPS) is 11.2. The zero-order valence-corrected chi connectivity index (χ0v) is 15.3. The van der Waals surface area contributed by atoms with Crippen molar-refractivity contribution in [2.24, 2.45) is 0 Å². The topological polar surface area (TPSA) is 78.5 Å². The Hall–Kier alpha value is -3.48. The second kappa shape index (κ2) is 6.35. The molecule has 0 unspecified atom stereocenters. The summed E-state index contributed by atoms with van der Waals surface area (Å²) < 4.78 is 8.12. The summed E-state index contributed by atoms with van der Waals surface area (Å²) in [5.41, 5.74) is 3.99. The molecule has 4 aromatic rings. The molecule has 0 atom stereocenters. The third-order valence-corrected chi connectivity index (χ3v) is 4.37. The zero-order chi connectivity index (χ0) is 19.1. The van der Waals surface area contributed by atoms with Gasteiger partial charge in [0, 0.05) is 18.1 Å². The Kier molecular flexibility index (Phi) is 3.99. The van der Waals surface area contributed by atoms with Crippen LogP contribution in [0.4, 0.5) is 0 Å². The highest BCUT2D eigenvalue weighted by Crippen LogP contribution is 2.18. The molecule has 0 radical (unpaired) electrons. The van der Waals surface area contributed by atoms with Gasteiger partial charge in [-0.3, -0.25) is 9.36 Å². The lowest BCUT2D eigenvalue weighted by atomic mass is 10.1. The predicted molar refractivity (Wildman–Crippen MR) is 102 cm³/mol. The summed E-state index contributed by atoms with van der Waals surface area (Å²) in [6, 6.07) is 7.77. The van der Waals surface area contributed by atoms with Gasteiger partial charge in [0.05, 0.1) is 23.7 Å². The molecule has 4 rings (SSSR count). The van der Waals surface area contributed by atoms with Crippen LogP contribution in [0.3, 0.4) is 0 Å². The molecule has 0 aliphatic heterocycles. The summed E-state index contributed by atoms with van der Waals surface area (Å²) >= 11 is 0. The van der Waals surface area contributed by atoms with Crippen LogP contribution in [-0.4, -0.2) is 31.7 Å². The van der Waals surface area contributed by atoms with Crippen molar-refractivity contribution < 1.29 is 9.53 Å². The molecular formula is C20H18N4O3. The Morgan fingerprint density at radius 3 is 2.59 bits per heavy atom. The molecule has 0 saturated heterocycles. The highest BCUT2D eigenvalue weighted by molar-refractivity contribution is 5.96. The number of aryl methyl sites for hydroxylation is 2. The van der Waals surface area contributed by atoms with E-state index in [1.807, 2.05) is 26.0 Å². The molecule has 136 valence electrons. The summed E-state index contributed by atoms with van der Waals surface area (Å²) in [4.78, 5) is 29.4. The van der Waals surface area contributed by atoms with Crippen LogP contribution in [0.5, 0.6) is 0 Å². The highest BCUT2D eigenvalue weighted by atomic mass is 16.5. The number of hydrogen-bond donors (Lipinski definition) is 0. The maximum Gasteiger partial charge on any atom is 0.343 e. The first-order valence-corrected chi connectivity index (χ1v) is 8.63. The Bertz CT molecular complexity index is 1230. The Morgan fingerprint density at radius 1 is 1.15 bits per heavy atom. The number of benzene rings is 1. The Morgan fingerprint density at radius 2 is 1.89 bits per heavy atom. The molecule has 0 aliphatic carbocycles. The van der Waals surface area contributed by atoms with Crippen LogP contribution in [0.1, 0.15) is 28.4 Å². The van der Waals surface area contributed by atoms with Gasteiger partial charge in [-0.1, -0.05) is 6.07 Å². The smallest absolute Gasteiger partial charge is 0.343 e. The maximum absolute atomic E-state index is 13.0. The molecule has 1 aromatic carbocycles. The van der Waals surface area contributed by atoms with Crippen molar-refractivity contribution in [1.82, 2.24) is 19.2 Å². The average Bonchev–Trinajstić information content (AvgIpc) is 3.06. The minimum absolute atomic E-state index is 0.194. The van der Waals surface area contributed by atoms with Crippen LogP contribution in [0.2, 0.25) is 0 Å². The van der Waals surface area contributed by atoms with Crippen molar-refractivity contribution in [2.75, 3.05) is 6.61 Å². The van der Waals surface area contributed by atoms with E-state index in [2.05, 4.69) is 16.1 Å². The first-order chi connectivity index (χ1) is 13.0. The third-order valence-electron chi connectivity index (χ3n) is 4.37. The van der Waals surface area contributed by atoms with Gasteiger partial charge in [-0.15, -0.1) is 0 Å². The zero-order valence-electron chi connectivity index (χ0n) is 15.3. The van der Waals surface area contributed by atoms with Crippen molar-refractivity contribution in [3.63, 3.8) is 0 Å². The summed E-state index contributed by atoms with van der Waals surface area (Å²) in [5, 5.41) is 4.65. The number of pyridine rings is 1. The van der Waals surface area contributed by atoms with Gasteiger partial charge in [0.2, 0.25) is 0 Å². The highest BCUT2D eigenvalue weighted by Gasteiger charge is 2.17. The first-order valence-electron chi connectivity index (χ1n) is 8.63. The molecule has 27 heavy (non-hydrogen) atoms. The van der Waals surface area contributed by atoms with E-state index in [0.29, 0.717) is 16.6 Å². The van der Waals surface area contributed by atoms with Crippen LogP contribution in [0.15, 0.2) is 47.7 Å². The van der Waals surface area contributed by atoms with Crippen molar-refractivity contribution in [1.29, 1.82) is 0 Å². The summed E-state index contributed by atoms with van der Waals surface area (Å²) in [6.45, 7) is 5.99. The van der Waals surface area contributed by atoms with E-state index in [0.717, 1.165) is 16.8 Å². The van der Waals surface area contributed by atoms with Crippen molar-refractivity contribution >= 4 is 22.5 Å². The lowest BCUT2D eigenvalue weighted by Crippen LogP contribution is -2.19. The molecule has 3 heterocycles. The number of esters is 1. The number of ether oxygens (including phenoxy) is 1. The number of fused-ring (bicyclic) bond motifs is 3. The molecule has 0 bridgehead atoms. The number of aromatic nitrogens is 4. The average molecular weight is 362 g/mol. The van der Waals surface area contributed by atoms with Gasteiger partial charge in [-0.25, -0.2) is 14.3 Å². The molecule has 3 aromatic heterocycles. The molecule has 0 saturated carbocycles. The molecule has 7 heteroatoms. The second-order valence-corrected chi connectivity index (χ2v) is 6.41. The molecular weight excluding hydrogens is 344 g/mol. The summed E-state index contributed by atoms with van der Waals surface area (Å²) in [7, 11) is 0. The number of nitrogens with zero attached hydrogens (tertiary/aromatic N) is 4. The van der Waals surface area contributed by atoms with E-state index in [1.165, 1.54) is 16.9 Å². The van der Waals surface area contributed by atoms with E-state index in [1.54, 1.807) is 23.8 Å². The third kappa shape index (κ3) is 2.77. The standard InChI is InChI=1S/C20H18N4O3/c1-4-27-20(26)16-11-22-24-17-5-6-23(14-8-12(2)7-13(3)9-14)19(25)15(17)10-21-18(16)24/h5-11H,4H2,1-3H3. The van der Waals surface area contributed by atoms with Gasteiger partial charge in [0.1, 0.15) is 5.56 Å². The molecule has 0 amide bonds. The molecule has 0 N–H and O–H groups in total. The van der Waals surface area contributed by atoms with Crippen LogP contribution >= 0.6 is 0 Å². The van der Waals surface area contributed by atoms with Crippen LogP contribution in [0, 0.1) is 13.8 Å². The van der Waals surface area contributed by atoms with Crippen molar-refractivity contribution in [2.45, 2.75) is 20.8 Å². The maximum atomic E-state index is 13.0. The molecule has 0 spiro atoms. The molecule has 7 nitrogen and oxygen atoms in total. The van der Waals surface area contributed by atoms with Crippen LogP contribution < -0.4 is 5.56 Å². The number of rotatable bonds is 3. The van der Waals surface area contributed by atoms with E-state index < -0.39 is 5.97 Å². The molecule has 0 fully saturated rings. The first kappa shape index (κ1) is 17.0. The fourth-order valence-corrected chi connectivity index (χ4v) is 3.26. The van der Waals surface area contributed by atoms with Gasteiger partial charge in [-0.2, -0.15) is 5.10 Å². The largest absolute Gasteiger partial charge is 0.462 e. The van der Waals surface area contributed by atoms with Gasteiger partial charge < -0.3 is 4.74 Å². The number of hydrogen-bond acceptors (Lipinski definition) is 5. The SMILES string of the molecule is CCOC(=O)c1cnn2c1ncc1c(=O)n(-c3cc(C)cc(C)c3)ccc12. The van der Waals surface area contributed by atoms with Gasteiger partial charge in [0.15, 0.2) is 5.65 Å². The van der Waals surface area contributed by atoms with Crippen LogP contribution in [-0.2, 0) is 4.74 Å². The minimum atomic E-state index is -0.483. The van der Waals surface area contributed by atoms with Crippen molar-refractivity contribution in [3.8, 4) is 5.69 Å². The number of carbonyl (C=O) groups is 1. The number of carbonyl (C=O) groups excluding carboxylic acids is 1. The van der Waals surface area contributed by atoms with E-state index >= 15 is 0 Å². The minimum Gasteiger partial charge on any atom is -0.462 e. The quantitative estimate of drug-likeness (QED) is 0.524. The van der Waals surface area contributed by atoms with Gasteiger partial charge in [0.25, 0.3) is 5.56 Å². The summed E-state index contributed by atoms with van der Waals surface area (Å²) in [5.74, 6) is -0.483. The lowest BCUT2D eigenvalue weighted by Gasteiger charge is -2.10. The van der Waals surface area contributed by atoms with E-state index in [9.17, 15) is 9.59 Å². The Labute approximate surface area is 154 Å². The van der Waals surface area contributed by atoms with E-state index in [4.69, 9.17) is 4.74 Å². The molecule has 0 aliphatic rings. The monoisotopic (exact) mass is 362 g/mol. The van der Waals surface area contributed by atoms with E-state index in [-0.39, 0.29) is 17.7 Å². The fraction of sp³-hybridized carbons (Fsp3) is 0.200. The van der Waals surface area contributed by atoms with Crippen molar-refractivity contribution in [3.05, 3.63) is 69.9 Å². The fourth-order valence-electron chi connectivity index (χ4n) is 3.26. The lowest BCUT2D eigenvalue weighted by molar-refractivity contribution is 0.0528. The van der Waals surface area contributed by atoms with Crippen LogP contribution in [0.25, 0.3) is 22.2 Å². The van der Waals surface area contributed by atoms with Gasteiger partial charge in [-0.05, 0) is 50.1 Å². The second-order valence-electron chi connectivity index (χ2n) is 6.41. The predicted octanol–water partition coefficient (Wildman–Crippen LogP) is 2.83. The Balaban J connectivity index is 1.93. The summed E-state index contributed by atoms with van der Waals surface area (Å²) in [6.07, 6.45) is 4.61.